The van der Waals surface area contributed by atoms with E-state index < -0.39 is 0 Å². The minimum absolute atomic E-state index is 0.160. The molecule has 4 aromatic rings. The quantitative estimate of drug-likeness (QED) is 0.487. The molecule has 0 atom stereocenters. The van der Waals surface area contributed by atoms with Crippen LogP contribution in [0, 0.1) is 13.8 Å². The number of nitrogens with zero attached hydrogens (tertiary/aromatic N) is 4. The molecule has 0 saturated carbocycles. The van der Waals surface area contributed by atoms with Crippen molar-refractivity contribution in [2.75, 3.05) is 11.9 Å². The molecule has 0 aliphatic rings. The molecule has 8 nitrogen and oxygen atoms in total. The lowest BCUT2D eigenvalue weighted by Gasteiger charge is -2.07. The van der Waals surface area contributed by atoms with Crippen LogP contribution in [-0.4, -0.2) is 37.9 Å². The van der Waals surface area contributed by atoms with E-state index in [1.54, 1.807) is 15.6 Å². The molecule has 3 aromatic heterocycles. The van der Waals surface area contributed by atoms with Crippen LogP contribution in [0.4, 0.5) is 5.69 Å². The third-order valence-electron chi connectivity index (χ3n) is 4.92. The van der Waals surface area contributed by atoms with Crippen molar-refractivity contribution < 1.29 is 9.59 Å². The molecule has 0 spiro atoms. The molecular weight excluding hydrogens is 412 g/mol. The second-order valence-corrected chi connectivity index (χ2v) is 8.00. The number of hydrogen-bond acceptors (Lipinski definition) is 5. The van der Waals surface area contributed by atoms with Gasteiger partial charge in [-0.2, -0.15) is 10.2 Å². The number of amides is 2. The first-order valence-electron chi connectivity index (χ1n) is 9.71. The fraction of sp³-hybridized carbons (Fsp3) is 0.182. The summed E-state index contributed by atoms with van der Waals surface area (Å²) in [6, 6.07) is 13.4. The highest BCUT2D eigenvalue weighted by atomic mass is 32.1. The van der Waals surface area contributed by atoms with E-state index in [9.17, 15) is 9.59 Å². The molecule has 3 heterocycles. The fourth-order valence-electron chi connectivity index (χ4n) is 3.24. The van der Waals surface area contributed by atoms with Gasteiger partial charge >= 0.3 is 0 Å². The first-order chi connectivity index (χ1) is 14.9. The predicted octanol–water partition coefficient (Wildman–Crippen LogP) is 3.32. The molecule has 0 aliphatic carbocycles. The van der Waals surface area contributed by atoms with Crippen LogP contribution in [0.3, 0.4) is 0 Å². The van der Waals surface area contributed by atoms with E-state index in [-0.39, 0.29) is 18.4 Å². The predicted molar refractivity (Wildman–Crippen MR) is 121 cm³/mol. The van der Waals surface area contributed by atoms with E-state index in [1.807, 2.05) is 68.7 Å². The Morgan fingerprint density at radius 2 is 1.84 bits per heavy atom. The Labute approximate surface area is 183 Å². The molecule has 0 fully saturated rings. The maximum atomic E-state index is 12.9. The lowest BCUT2D eigenvalue weighted by atomic mass is 10.2. The number of hydrogen-bond donors (Lipinski definition) is 2. The van der Waals surface area contributed by atoms with Crippen LogP contribution in [-0.2, 0) is 11.8 Å². The number of carbonyl (C=O) groups excluding carboxylic acids is 2. The van der Waals surface area contributed by atoms with Gasteiger partial charge in [0.25, 0.3) is 5.91 Å². The van der Waals surface area contributed by atoms with Crippen molar-refractivity contribution in [3.63, 3.8) is 0 Å². The Bertz CT molecular complexity index is 1220. The van der Waals surface area contributed by atoms with Gasteiger partial charge in [0, 0.05) is 13.2 Å². The molecule has 0 radical (unpaired) electrons. The lowest BCUT2D eigenvalue weighted by molar-refractivity contribution is -0.115. The molecule has 0 unspecified atom stereocenters. The summed E-state index contributed by atoms with van der Waals surface area (Å²) in [5.41, 5.74) is 4.08. The van der Waals surface area contributed by atoms with Crippen molar-refractivity contribution in [3.8, 4) is 16.3 Å². The number of carbonyl (C=O) groups is 2. The zero-order valence-corrected chi connectivity index (χ0v) is 18.2. The highest BCUT2D eigenvalue weighted by Crippen LogP contribution is 2.27. The monoisotopic (exact) mass is 434 g/mol. The summed E-state index contributed by atoms with van der Waals surface area (Å²) in [6.07, 6.45) is 1.69. The van der Waals surface area contributed by atoms with Crippen LogP contribution in [0.1, 0.15) is 21.7 Å². The number of aromatic nitrogens is 4. The van der Waals surface area contributed by atoms with E-state index >= 15 is 0 Å². The van der Waals surface area contributed by atoms with E-state index in [4.69, 9.17) is 0 Å². The largest absolute Gasteiger partial charge is 0.343 e. The summed E-state index contributed by atoms with van der Waals surface area (Å²) < 4.78 is 3.38. The summed E-state index contributed by atoms with van der Waals surface area (Å²) in [7, 11) is 1.82. The first-order valence-corrected chi connectivity index (χ1v) is 10.6. The Morgan fingerprint density at radius 3 is 2.48 bits per heavy atom. The molecule has 2 N–H and O–H groups in total. The summed E-state index contributed by atoms with van der Waals surface area (Å²) in [5.74, 6) is -0.680. The van der Waals surface area contributed by atoms with Crippen molar-refractivity contribution >= 4 is 28.8 Å². The maximum absolute atomic E-state index is 12.9. The minimum Gasteiger partial charge on any atom is -0.343 e. The molecule has 2 amide bonds. The highest BCUT2D eigenvalue weighted by Gasteiger charge is 2.20. The zero-order valence-electron chi connectivity index (χ0n) is 17.4. The number of anilines is 1. The van der Waals surface area contributed by atoms with Crippen LogP contribution in [0.25, 0.3) is 16.3 Å². The van der Waals surface area contributed by atoms with Gasteiger partial charge in [-0.1, -0.05) is 24.3 Å². The number of benzene rings is 1. The number of thiophene rings is 1. The second-order valence-electron chi connectivity index (χ2n) is 7.05. The maximum Gasteiger partial charge on any atom is 0.255 e. The Kier molecular flexibility index (Phi) is 5.68. The summed E-state index contributed by atoms with van der Waals surface area (Å²) in [4.78, 5) is 26.2. The van der Waals surface area contributed by atoms with E-state index in [0.717, 1.165) is 22.0 Å². The van der Waals surface area contributed by atoms with E-state index in [1.165, 1.54) is 11.3 Å². The van der Waals surface area contributed by atoms with Crippen molar-refractivity contribution in [2.45, 2.75) is 13.8 Å². The van der Waals surface area contributed by atoms with Gasteiger partial charge in [-0.05, 0) is 37.4 Å². The Hall–Kier alpha value is -3.72. The van der Waals surface area contributed by atoms with Crippen LogP contribution >= 0.6 is 11.3 Å². The van der Waals surface area contributed by atoms with Gasteiger partial charge in [-0.3, -0.25) is 14.3 Å². The molecule has 0 aliphatic heterocycles. The Balaban J connectivity index is 1.52. The number of aryl methyl sites for hydroxylation is 2. The van der Waals surface area contributed by atoms with Gasteiger partial charge in [-0.15, -0.1) is 11.3 Å². The molecule has 158 valence electrons. The van der Waals surface area contributed by atoms with Gasteiger partial charge in [0.05, 0.1) is 39.7 Å². The van der Waals surface area contributed by atoms with Crippen LogP contribution in [0.5, 0.6) is 0 Å². The molecule has 4 rings (SSSR count). The summed E-state index contributed by atoms with van der Waals surface area (Å²) in [5, 5.41) is 16.4. The van der Waals surface area contributed by atoms with E-state index in [0.29, 0.717) is 16.9 Å². The second kappa shape index (κ2) is 8.57. The van der Waals surface area contributed by atoms with Crippen molar-refractivity contribution in [2.24, 2.45) is 7.05 Å². The van der Waals surface area contributed by atoms with Gasteiger partial charge in [0.15, 0.2) is 0 Å². The Morgan fingerprint density at radius 1 is 1.06 bits per heavy atom. The molecule has 0 bridgehead atoms. The number of nitrogens with one attached hydrogen (secondary N) is 2. The zero-order chi connectivity index (χ0) is 22.0. The molecule has 0 saturated heterocycles. The topological polar surface area (TPSA) is 93.8 Å². The number of rotatable bonds is 6. The van der Waals surface area contributed by atoms with Crippen LogP contribution in [0.15, 0.2) is 54.0 Å². The van der Waals surface area contributed by atoms with Crippen molar-refractivity contribution in [1.82, 2.24) is 24.9 Å². The van der Waals surface area contributed by atoms with Crippen molar-refractivity contribution in [3.05, 3.63) is 71.0 Å². The van der Waals surface area contributed by atoms with E-state index in [2.05, 4.69) is 20.8 Å². The molecule has 9 heteroatoms. The van der Waals surface area contributed by atoms with Gasteiger partial charge in [0.1, 0.15) is 5.69 Å². The smallest absolute Gasteiger partial charge is 0.255 e. The highest BCUT2D eigenvalue weighted by molar-refractivity contribution is 7.13. The lowest BCUT2D eigenvalue weighted by Crippen LogP contribution is -2.33. The fourth-order valence-corrected chi connectivity index (χ4v) is 3.97. The standard InChI is InChI=1S/C22H22N6O2S/c1-14-20(15(2)27(3)25-14)24-19(29)12-23-22(30)17-13-28(16-8-5-4-6-9-16)26-21(17)18-10-7-11-31-18/h4-11,13H,12H2,1-3H3,(H,23,30)(H,24,29). The first kappa shape index (κ1) is 20.5. The van der Waals surface area contributed by atoms with Gasteiger partial charge in [0.2, 0.25) is 5.91 Å². The minimum atomic E-state index is -0.361. The summed E-state index contributed by atoms with van der Waals surface area (Å²) in [6.45, 7) is 3.54. The normalized spacial score (nSPS) is 10.8. The summed E-state index contributed by atoms with van der Waals surface area (Å²) >= 11 is 1.50. The SMILES string of the molecule is Cc1nn(C)c(C)c1NC(=O)CNC(=O)c1cn(-c2ccccc2)nc1-c1cccs1. The van der Waals surface area contributed by atoms with Crippen molar-refractivity contribution in [1.29, 1.82) is 0 Å². The molecule has 1 aromatic carbocycles. The molecule has 31 heavy (non-hydrogen) atoms. The van der Waals surface area contributed by atoms with Crippen LogP contribution in [0.2, 0.25) is 0 Å². The van der Waals surface area contributed by atoms with Crippen LogP contribution < -0.4 is 10.6 Å². The average molecular weight is 435 g/mol. The third-order valence-corrected chi connectivity index (χ3v) is 5.79. The number of para-hydroxylation sites is 1. The van der Waals surface area contributed by atoms with Gasteiger partial charge < -0.3 is 10.6 Å². The van der Waals surface area contributed by atoms with Gasteiger partial charge in [-0.25, -0.2) is 4.68 Å². The third kappa shape index (κ3) is 4.26. The average Bonchev–Trinajstić information content (AvgIpc) is 3.49. The molecular formula is C22H22N6O2S.